The molecule has 7 heteroatoms. The van der Waals surface area contributed by atoms with Crippen LogP contribution in [0.5, 0.6) is 0 Å². The van der Waals surface area contributed by atoms with E-state index in [0.717, 1.165) is 11.3 Å². The van der Waals surface area contributed by atoms with Gasteiger partial charge in [-0.05, 0) is 25.3 Å². The molecule has 0 fully saturated rings. The summed E-state index contributed by atoms with van der Waals surface area (Å²) >= 11 is 1.49. The minimum absolute atomic E-state index is 0.00207. The predicted octanol–water partition coefficient (Wildman–Crippen LogP) is 1.75. The quantitative estimate of drug-likeness (QED) is 0.872. The molecule has 1 N–H and O–H groups in total. The van der Waals surface area contributed by atoms with Crippen LogP contribution < -0.4 is 10.9 Å². The number of nitrogens with one attached hydrogen (secondary N) is 1. The first kappa shape index (κ1) is 17.3. The molecule has 0 aliphatic carbocycles. The number of carbonyl (C=O) groups is 2. The predicted molar refractivity (Wildman–Crippen MR) is 90.7 cm³/mol. The highest BCUT2D eigenvalue weighted by Gasteiger charge is 2.21. The number of Topliss-reactive ketones (excluding diaryl/α,β-unsaturated/α-hetero) is 1. The number of aromatic nitrogens is 2. The Hall–Kier alpha value is -2.02. The highest BCUT2D eigenvalue weighted by atomic mass is 32.1. The van der Waals surface area contributed by atoms with Gasteiger partial charge in [0.15, 0.2) is 5.78 Å². The Balaban J connectivity index is 2.21. The molecule has 124 valence electrons. The highest BCUT2D eigenvalue weighted by Crippen LogP contribution is 2.20. The van der Waals surface area contributed by atoms with Crippen molar-refractivity contribution >= 4 is 33.2 Å². The van der Waals surface area contributed by atoms with Crippen LogP contribution in [0.25, 0.3) is 10.2 Å². The third-order valence-corrected chi connectivity index (χ3v) is 4.84. The first-order valence-electron chi connectivity index (χ1n) is 7.61. The van der Waals surface area contributed by atoms with Gasteiger partial charge in [-0.3, -0.25) is 19.0 Å². The lowest BCUT2D eigenvalue weighted by Crippen LogP contribution is -2.45. The van der Waals surface area contributed by atoms with Gasteiger partial charge in [0, 0.05) is 4.88 Å². The molecule has 0 saturated carbocycles. The Kier molecular flexibility index (Phi) is 5.30. The zero-order valence-electron chi connectivity index (χ0n) is 13.8. The molecule has 6 nitrogen and oxygen atoms in total. The summed E-state index contributed by atoms with van der Waals surface area (Å²) in [4.78, 5) is 42.1. The van der Waals surface area contributed by atoms with Gasteiger partial charge in [-0.1, -0.05) is 20.8 Å². The monoisotopic (exact) mass is 335 g/mol. The summed E-state index contributed by atoms with van der Waals surface area (Å²) in [6.07, 6.45) is 2.23. The molecule has 0 aromatic carbocycles. The van der Waals surface area contributed by atoms with E-state index in [9.17, 15) is 14.4 Å². The molecule has 23 heavy (non-hydrogen) atoms. The van der Waals surface area contributed by atoms with Crippen molar-refractivity contribution in [3.8, 4) is 0 Å². The average molecular weight is 335 g/mol. The number of fused-ring (bicyclic) bond motifs is 1. The van der Waals surface area contributed by atoms with Crippen molar-refractivity contribution in [1.29, 1.82) is 0 Å². The van der Waals surface area contributed by atoms with E-state index >= 15 is 0 Å². The first-order chi connectivity index (χ1) is 10.8. The fourth-order valence-corrected chi connectivity index (χ4v) is 3.33. The number of hydrogen-bond acceptors (Lipinski definition) is 5. The summed E-state index contributed by atoms with van der Waals surface area (Å²) < 4.78 is 1.28. The van der Waals surface area contributed by atoms with E-state index in [1.165, 1.54) is 29.2 Å². The molecule has 0 spiro atoms. The number of nitrogens with zero attached hydrogens (tertiary/aromatic N) is 2. The molecule has 2 aromatic rings. The van der Waals surface area contributed by atoms with Crippen LogP contribution in [0.2, 0.25) is 0 Å². The standard InChI is InChI=1S/C16H21N3O3S/c1-5-11-6-12-15(23-11)17-8-19(16(12)22)7-13(21)18-14(9(2)3)10(4)20/h6,8-9,14H,5,7H2,1-4H3,(H,18,21)/t14-/m1/s1. The third-order valence-electron chi connectivity index (χ3n) is 3.65. The molecule has 1 atom stereocenters. The topological polar surface area (TPSA) is 81.1 Å². The molecule has 2 heterocycles. The summed E-state index contributed by atoms with van der Waals surface area (Å²) in [6, 6.07) is 1.29. The number of rotatable bonds is 6. The third kappa shape index (κ3) is 3.85. The van der Waals surface area contributed by atoms with Gasteiger partial charge in [0.25, 0.3) is 5.56 Å². The largest absolute Gasteiger partial charge is 0.344 e. The van der Waals surface area contributed by atoms with E-state index in [1.807, 2.05) is 26.8 Å². The molecular formula is C16H21N3O3S. The second-order valence-electron chi connectivity index (χ2n) is 5.86. The fourth-order valence-electron chi connectivity index (χ4n) is 2.41. The highest BCUT2D eigenvalue weighted by molar-refractivity contribution is 7.18. The molecule has 0 radical (unpaired) electrons. The number of aryl methyl sites for hydroxylation is 1. The Morgan fingerprint density at radius 2 is 2.09 bits per heavy atom. The number of hydrogen-bond donors (Lipinski definition) is 1. The van der Waals surface area contributed by atoms with Gasteiger partial charge >= 0.3 is 0 Å². The lowest BCUT2D eigenvalue weighted by molar-refractivity contribution is -0.128. The molecule has 0 bridgehead atoms. The number of thiophene rings is 1. The zero-order chi connectivity index (χ0) is 17.1. The minimum Gasteiger partial charge on any atom is -0.344 e. The second-order valence-corrected chi connectivity index (χ2v) is 6.98. The summed E-state index contributed by atoms with van der Waals surface area (Å²) in [5.41, 5.74) is -0.231. The number of ketones is 1. The Morgan fingerprint density at radius 1 is 1.39 bits per heavy atom. The fraction of sp³-hybridized carbons (Fsp3) is 0.500. The van der Waals surface area contributed by atoms with Crippen LogP contribution in [-0.2, 0) is 22.6 Å². The lowest BCUT2D eigenvalue weighted by Gasteiger charge is -2.19. The van der Waals surface area contributed by atoms with Crippen molar-refractivity contribution in [2.24, 2.45) is 5.92 Å². The first-order valence-corrected chi connectivity index (χ1v) is 8.42. The molecule has 2 rings (SSSR count). The van der Waals surface area contributed by atoms with Crippen LogP contribution in [0.3, 0.4) is 0 Å². The van der Waals surface area contributed by atoms with Crippen molar-refractivity contribution in [3.05, 3.63) is 27.6 Å². The summed E-state index contributed by atoms with van der Waals surface area (Å²) in [7, 11) is 0. The van der Waals surface area contributed by atoms with Gasteiger partial charge in [-0.2, -0.15) is 0 Å². The normalized spacial score (nSPS) is 12.6. The minimum atomic E-state index is -0.539. The van der Waals surface area contributed by atoms with Crippen molar-refractivity contribution in [3.63, 3.8) is 0 Å². The van der Waals surface area contributed by atoms with Gasteiger partial charge in [0.05, 0.1) is 17.8 Å². The van der Waals surface area contributed by atoms with Crippen LogP contribution in [0, 0.1) is 5.92 Å². The molecular weight excluding hydrogens is 314 g/mol. The van der Waals surface area contributed by atoms with E-state index in [1.54, 1.807) is 0 Å². The van der Waals surface area contributed by atoms with E-state index in [-0.39, 0.29) is 29.7 Å². The Labute approximate surface area is 138 Å². The van der Waals surface area contributed by atoms with Crippen LogP contribution in [0.4, 0.5) is 0 Å². The maximum Gasteiger partial charge on any atom is 0.262 e. The van der Waals surface area contributed by atoms with Gasteiger partial charge < -0.3 is 5.32 Å². The van der Waals surface area contributed by atoms with Crippen LogP contribution in [0.15, 0.2) is 17.2 Å². The van der Waals surface area contributed by atoms with E-state index in [2.05, 4.69) is 10.3 Å². The van der Waals surface area contributed by atoms with Crippen molar-refractivity contribution in [1.82, 2.24) is 14.9 Å². The molecule has 0 unspecified atom stereocenters. The molecule has 2 aromatic heterocycles. The van der Waals surface area contributed by atoms with Crippen molar-refractivity contribution < 1.29 is 9.59 Å². The van der Waals surface area contributed by atoms with Gasteiger partial charge in [-0.15, -0.1) is 11.3 Å². The lowest BCUT2D eigenvalue weighted by atomic mass is 10.0. The summed E-state index contributed by atoms with van der Waals surface area (Å²) in [5, 5.41) is 3.22. The maximum atomic E-state index is 12.4. The summed E-state index contributed by atoms with van der Waals surface area (Å²) in [6.45, 7) is 7.05. The summed E-state index contributed by atoms with van der Waals surface area (Å²) in [5.74, 6) is -0.467. The van der Waals surface area contributed by atoms with Crippen LogP contribution in [0.1, 0.15) is 32.6 Å². The average Bonchev–Trinajstić information content (AvgIpc) is 2.91. The van der Waals surface area contributed by atoms with Gasteiger partial charge in [-0.25, -0.2) is 4.98 Å². The van der Waals surface area contributed by atoms with E-state index in [4.69, 9.17) is 0 Å². The SMILES string of the molecule is CCc1cc2c(=O)n(CC(=O)N[C@@H](C(C)=O)C(C)C)cnc2s1. The van der Waals surface area contributed by atoms with Gasteiger partial charge in [0.2, 0.25) is 5.91 Å². The van der Waals surface area contributed by atoms with Crippen molar-refractivity contribution in [2.75, 3.05) is 0 Å². The zero-order valence-corrected chi connectivity index (χ0v) is 14.6. The van der Waals surface area contributed by atoms with Crippen molar-refractivity contribution in [2.45, 2.75) is 46.7 Å². The van der Waals surface area contributed by atoms with E-state index < -0.39 is 6.04 Å². The number of carbonyl (C=O) groups excluding carboxylic acids is 2. The Morgan fingerprint density at radius 3 is 2.65 bits per heavy atom. The second kappa shape index (κ2) is 7.04. The van der Waals surface area contributed by atoms with Gasteiger partial charge in [0.1, 0.15) is 11.4 Å². The maximum absolute atomic E-state index is 12.4. The molecule has 0 saturated heterocycles. The van der Waals surface area contributed by atoms with Crippen LogP contribution >= 0.6 is 11.3 Å². The molecule has 0 aliphatic heterocycles. The smallest absolute Gasteiger partial charge is 0.262 e. The number of amides is 1. The van der Waals surface area contributed by atoms with Crippen LogP contribution in [-0.4, -0.2) is 27.3 Å². The molecule has 0 aliphatic rings. The Bertz CT molecular complexity index is 791. The molecule has 1 amide bonds. The van der Waals surface area contributed by atoms with E-state index in [0.29, 0.717) is 10.2 Å².